The summed E-state index contributed by atoms with van der Waals surface area (Å²) in [4.78, 5) is 22.2. The largest absolute Gasteiger partial charge is 0.463 e. The van der Waals surface area contributed by atoms with E-state index in [0.717, 1.165) is 43.7 Å². The molecule has 1 aromatic rings. The molecule has 6 heteroatoms. The monoisotopic (exact) mass is 279 g/mol. The second kappa shape index (κ2) is 6.65. The first-order valence-corrected chi connectivity index (χ1v) is 6.97. The number of carbonyl (C=O) groups excluding carboxylic acids is 1. The Labute approximate surface area is 118 Å². The molecule has 0 aromatic carbocycles. The Kier molecular flexibility index (Phi) is 4.89. The molecule has 1 aromatic heterocycles. The van der Waals surface area contributed by atoms with Crippen LogP contribution in [0.25, 0.3) is 0 Å². The van der Waals surface area contributed by atoms with Gasteiger partial charge in [0.15, 0.2) is 0 Å². The van der Waals surface area contributed by atoms with Crippen LogP contribution in [0, 0.1) is 6.92 Å². The number of nitrogens with zero attached hydrogens (tertiary/aromatic N) is 3. The Balaban J connectivity index is 2.29. The van der Waals surface area contributed by atoms with Crippen LogP contribution in [0.5, 0.6) is 0 Å². The first-order chi connectivity index (χ1) is 9.65. The van der Waals surface area contributed by atoms with Gasteiger partial charge < -0.3 is 14.7 Å². The molecule has 0 amide bonds. The van der Waals surface area contributed by atoms with Gasteiger partial charge in [-0.2, -0.15) is 0 Å². The predicted molar refractivity (Wildman–Crippen MR) is 74.8 cm³/mol. The van der Waals surface area contributed by atoms with Gasteiger partial charge in [0.25, 0.3) is 0 Å². The molecule has 1 aliphatic rings. The highest BCUT2D eigenvalue weighted by Gasteiger charge is 2.24. The van der Waals surface area contributed by atoms with Gasteiger partial charge in [-0.3, -0.25) is 0 Å². The van der Waals surface area contributed by atoms with Crippen molar-refractivity contribution < 1.29 is 14.6 Å². The van der Waals surface area contributed by atoms with Crippen molar-refractivity contribution in [2.45, 2.75) is 38.6 Å². The van der Waals surface area contributed by atoms with Crippen LogP contribution in [0.1, 0.15) is 42.0 Å². The average Bonchev–Trinajstić information content (AvgIpc) is 2.46. The summed E-state index contributed by atoms with van der Waals surface area (Å²) in [5.74, 6) is 0.317. The van der Waals surface area contributed by atoms with E-state index in [4.69, 9.17) is 0 Å². The van der Waals surface area contributed by atoms with Crippen LogP contribution in [-0.2, 0) is 4.74 Å². The molecule has 1 unspecified atom stereocenters. The topological polar surface area (TPSA) is 75.5 Å². The zero-order chi connectivity index (χ0) is 14.5. The summed E-state index contributed by atoms with van der Waals surface area (Å²) in [6, 6.07) is 2.15. The number of hydrogen-bond acceptors (Lipinski definition) is 6. The summed E-state index contributed by atoms with van der Waals surface area (Å²) in [5, 5.41) is 9.19. The van der Waals surface area contributed by atoms with Crippen LogP contribution in [-0.4, -0.2) is 47.3 Å². The Morgan fingerprint density at radius 1 is 1.50 bits per heavy atom. The zero-order valence-electron chi connectivity index (χ0n) is 12.0. The maximum absolute atomic E-state index is 11.6. The molecule has 0 spiro atoms. The van der Waals surface area contributed by atoms with Crippen LogP contribution < -0.4 is 4.90 Å². The molecule has 1 atom stereocenters. The molecule has 20 heavy (non-hydrogen) atoms. The van der Waals surface area contributed by atoms with E-state index in [1.165, 1.54) is 7.11 Å². The van der Waals surface area contributed by atoms with Crippen LogP contribution in [0.2, 0.25) is 0 Å². The number of anilines is 1. The first kappa shape index (κ1) is 14.7. The molecule has 6 nitrogen and oxygen atoms in total. The summed E-state index contributed by atoms with van der Waals surface area (Å²) >= 11 is 0. The third-order valence-electron chi connectivity index (χ3n) is 3.59. The van der Waals surface area contributed by atoms with Crippen LogP contribution >= 0.6 is 0 Å². The molecule has 0 radical (unpaired) electrons. The van der Waals surface area contributed by atoms with E-state index >= 15 is 0 Å². The summed E-state index contributed by atoms with van der Waals surface area (Å²) in [6.07, 6.45) is 4.02. The van der Waals surface area contributed by atoms with Crippen LogP contribution in [0.4, 0.5) is 5.82 Å². The molecule has 0 aliphatic carbocycles. The number of methoxy groups -OCH3 is 1. The molecule has 1 saturated heterocycles. The molecule has 2 rings (SSSR count). The molecule has 0 bridgehead atoms. The minimum absolute atomic E-state index is 0.0934. The number of aliphatic hydroxyl groups is 1. The van der Waals surface area contributed by atoms with E-state index < -0.39 is 5.97 Å². The number of rotatable bonds is 4. The van der Waals surface area contributed by atoms with Crippen molar-refractivity contribution in [1.29, 1.82) is 0 Å². The van der Waals surface area contributed by atoms with Crippen molar-refractivity contribution in [3.8, 4) is 0 Å². The number of esters is 1. The molecule has 1 fully saturated rings. The van der Waals surface area contributed by atoms with E-state index in [1.54, 1.807) is 0 Å². The van der Waals surface area contributed by atoms with E-state index in [2.05, 4.69) is 19.6 Å². The van der Waals surface area contributed by atoms with Gasteiger partial charge in [-0.25, -0.2) is 14.8 Å². The van der Waals surface area contributed by atoms with Crippen molar-refractivity contribution in [2.75, 3.05) is 25.2 Å². The summed E-state index contributed by atoms with van der Waals surface area (Å²) in [6.45, 7) is 2.89. The number of aryl methyl sites for hydroxylation is 1. The van der Waals surface area contributed by atoms with Gasteiger partial charge in [0.2, 0.25) is 5.82 Å². The van der Waals surface area contributed by atoms with Crippen molar-refractivity contribution in [1.82, 2.24) is 9.97 Å². The fourth-order valence-electron chi connectivity index (χ4n) is 2.63. The van der Waals surface area contributed by atoms with Crippen molar-refractivity contribution >= 4 is 11.8 Å². The maximum Gasteiger partial charge on any atom is 0.376 e. The predicted octanol–water partition coefficient (Wildman–Crippen LogP) is 1.31. The molecule has 2 heterocycles. The van der Waals surface area contributed by atoms with Gasteiger partial charge in [0.1, 0.15) is 5.82 Å². The quantitative estimate of drug-likeness (QED) is 0.838. The van der Waals surface area contributed by atoms with Gasteiger partial charge in [0.05, 0.1) is 7.11 Å². The second-order valence-corrected chi connectivity index (χ2v) is 5.04. The molecule has 1 N–H and O–H groups in total. The molecular formula is C14H21N3O3. The zero-order valence-corrected chi connectivity index (χ0v) is 12.0. The Morgan fingerprint density at radius 3 is 3.00 bits per heavy atom. The fourth-order valence-corrected chi connectivity index (χ4v) is 2.63. The number of piperidine rings is 1. The second-order valence-electron chi connectivity index (χ2n) is 5.04. The molecular weight excluding hydrogens is 258 g/mol. The number of hydrogen-bond donors (Lipinski definition) is 1. The maximum atomic E-state index is 11.6. The smallest absolute Gasteiger partial charge is 0.376 e. The van der Waals surface area contributed by atoms with Crippen molar-refractivity contribution in [3.63, 3.8) is 0 Å². The van der Waals surface area contributed by atoms with Crippen molar-refractivity contribution in [3.05, 3.63) is 17.6 Å². The van der Waals surface area contributed by atoms with E-state index in [0.29, 0.717) is 0 Å². The highest BCUT2D eigenvalue weighted by Crippen LogP contribution is 2.25. The third-order valence-corrected chi connectivity index (χ3v) is 3.59. The molecule has 1 aliphatic heterocycles. The van der Waals surface area contributed by atoms with Gasteiger partial charge in [0, 0.05) is 31.0 Å². The minimum Gasteiger partial charge on any atom is -0.463 e. The van der Waals surface area contributed by atoms with E-state index in [-0.39, 0.29) is 18.5 Å². The average molecular weight is 279 g/mol. The first-order valence-electron chi connectivity index (χ1n) is 6.97. The Bertz CT molecular complexity index is 477. The van der Waals surface area contributed by atoms with Gasteiger partial charge in [-0.15, -0.1) is 0 Å². The lowest BCUT2D eigenvalue weighted by molar-refractivity contribution is 0.0586. The lowest BCUT2D eigenvalue weighted by Gasteiger charge is -2.36. The van der Waals surface area contributed by atoms with Gasteiger partial charge >= 0.3 is 5.97 Å². The van der Waals surface area contributed by atoms with Crippen LogP contribution in [0.15, 0.2) is 6.07 Å². The minimum atomic E-state index is -0.523. The highest BCUT2D eigenvalue weighted by atomic mass is 16.5. The SMILES string of the molecule is COC(=O)c1nc(C)cc(N2CCCCC2CCO)n1. The summed E-state index contributed by atoms with van der Waals surface area (Å²) in [5.41, 5.74) is 0.740. The standard InChI is InChI=1S/C14H21N3O3/c1-10-9-12(16-13(15-10)14(19)20-2)17-7-4-3-5-11(17)6-8-18/h9,11,18H,3-8H2,1-2H3. The van der Waals surface area contributed by atoms with Crippen molar-refractivity contribution in [2.24, 2.45) is 0 Å². The van der Waals surface area contributed by atoms with Gasteiger partial charge in [-0.05, 0) is 32.6 Å². The number of aliphatic hydroxyl groups excluding tert-OH is 1. The molecule has 0 saturated carbocycles. The normalized spacial score (nSPS) is 18.9. The van der Waals surface area contributed by atoms with E-state index in [9.17, 15) is 9.90 Å². The van der Waals surface area contributed by atoms with Crippen LogP contribution in [0.3, 0.4) is 0 Å². The number of aromatic nitrogens is 2. The molecule has 110 valence electrons. The highest BCUT2D eigenvalue weighted by molar-refractivity contribution is 5.85. The van der Waals surface area contributed by atoms with Gasteiger partial charge in [-0.1, -0.05) is 0 Å². The third kappa shape index (κ3) is 3.25. The Hall–Kier alpha value is -1.69. The number of ether oxygens (including phenoxy) is 1. The summed E-state index contributed by atoms with van der Waals surface area (Å²) in [7, 11) is 1.32. The Morgan fingerprint density at radius 2 is 2.30 bits per heavy atom. The lowest BCUT2D eigenvalue weighted by Crippen LogP contribution is -2.41. The number of carbonyl (C=O) groups is 1. The van der Waals surface area contributed by atoms with E-state index in [1.807, 2.05) is 13.0 Å². The fraction of sp³-hybridized carbons (Fsp3) is 0.643. The lowest BCUT2D eigenvalue weighted by atomic mass is 9.99. The summed E-state index contributed by atoms with van der Waals surface area (Å²) < 4.78 is 4.69.